The van der Waals surface area contributed by atoms with Crippen molar-refractivity contribution in [2.75, 3.05) is 0 Å². The first-order chi connectivity index (χ1) is 9.80. The summed E-state index contributed by atoms with van der Waals surface area (Å²) in [5, 5.41) is 0. The van der Waals surface area contributed by atoms with Gasteiger partial charge in [-0.15, -0.1) is 0 Å². The average molecular weight is 383 g/mol. The van der Waals surface area contributed by atoms with E-state index in [0.29, 0.717) is 0 Å². The molecule has 0 bridgehead atoms. The first-order valence-corrected chi connectivity index (χ1v) is 13.1. The molecule has 0 saturated carbocycles. The summed E-state index contributed by atoms with van der Waals surface area (Å²) in [6.45, 7) is 2.27. The zero-order chi connectivity index (χ0) is 14.4. The predicted molar refractivity (Wildman–Crippen MR) is 84.5 cm³/mol. The number of hydrogen-bond donors (Lipinski definition) is 0. The topological polar surface area (TPSA) is 0 Å². The molecule has 1 unspecified atom stereocenters. The third-order valence-electron chi connectivity index (χ3n) is 3.70. The second-order valence-corrected chi connectivity index (χ2v) is 8.58. The molecule has 0 spiro atoms. The zero-order valence-electron chi connectivity index (χ0n) is 11.4. The molecule has 0 aromatic heterocycles. The molecule has 0 nitrogen and oxygen atoms in total. The molecule has 2 aromatic carbocycles. The van der Waals surface area contributed by atoms with Crippen molar-refractivity contribution in [3.63, 3.8) is 0 Å². The van der Waals surface area contributed by atoms with Gasteiger partial charge in [0, 0.05) is 0 Å². The number of halogens is 2. The summed E-state index contributed by atoms with van der Waals surface area (Å²) in [4.78, 5) is 0. The van der Waals surface area contributed by atoms with Gasteiger partial charge in [-0.3, -0.25) is 0 Å². The van der Waals surface area contributed by atoms with Gasteiger partial charge in [-0.1, -0.05) is 61.9 Å². The van der Waals surface area contributed by atoms with Crippen molar-refractivity contribution in [2.45, 2.75) is 19.8 Å². The van der Waals surface area contributed by atoms with Crippen LogP contribution in [0, 0.1) is 12.3 Å². The van der Waals surface area contributed by atoms with Crippen molar-refractivity contribution in [3.8, 4) is 11.1 Å². The van der Waals surface area contributed by atoms with E-state index in [9.17, 15) is 0 Å². The van der Waals surface area contributed by atoms with Crippen LogP contribution in [0.3, 0.4) is 0 Å². The van der Waals surface area contributed by atoms with Gasteiger partial charge in [-0.2, -0.15) is 0 Å². The standard InChI is InChI=1S/C17H17.2ClH.Zr/c1-2-13-11-15-9-6-10-16(17(15)12-13)14-7-4-3-5-8-14;;;/h3-11,13H,2,12H2,1H3;2*1H;/q;;;+2/p-2. The van der Waals surface area contributed by atoms with Crippen molar-refractivity contribution < 1.29 is 20.8 Å². The van der Waals surface area contributed by atoms with Gasteiger partial charge >= 0.3 is 37.9 Å². The normalized spacial score (nSPS) is 16.1. The van der Waals surface area contributed by atoms with Crippen LogP contribution in [0.15, 0.2) is 48.5 Å². The maximum absolute atomic E-state index is 4.93. The fourth-order valence-electron chi connectivity index (χ4n) is 2.71. The van der Waals surface area contributed by atoms with E-state index in [2.05, 4.69) is 61.9 Å². The van der Waals surface area contributed by atoms with E-state index in [1.165, 1.54) is 35.1 Å². The van der Waals surface area contributed by atoms with Crippen LogP contribution < -0.4 is 0 Å². The first kappa shape index (κ1) is 16.3. The Labute approximate surface area is 140 Å². The molecule has 20 heavy (non-hydrogen) atoms. The molecule has 0 amide bonds. The van der Waals surface area contributed by atoms with E-state index < -0.39 is 20.8 Å². The molecular weight excluding hydrogens is 366 g/mol. The quantitative estimate of drug-likeness (QED) is 0.609. The Morgan fingerprint density at radius 1 is 1.05 bits per heavy atom. The molecule has 1 aliphatic carbocycles. The molecule has 103 valence electrons. The van der Waals surface area contributed by atoms with Crippen LogP contribution in [-0.2, 0) is 27.3 Å². The van der Waals surface area contributed by atoms with E-state index in [4.69, 9.17) is 17.0 Å². The number of rotatable bonds is 2. The van der Waals surface area contributed by atoms with Crippen molar-refractivity contribution in [1.82, 2.24) is 0 Å². The summed E-state index contributed by atoms with van der Waals surface area (Å²) in [7, 11) is 9.87. The SMILES string of the molecule is CCC1[CH]c2cccc(-c3ccccc3)c2C1.[Cl][Zr][Cl]. The third-order valence-corrected chi connectivity index (χ3v) is 3.70. The van der Waals surface area contributed by atoms with Crippen LogP contribution >= 0.6 is 17.0 Å². The van der Waals surface area contributed by atoms with Gasteiger partial charge < -0.3 is 0 Å². The number of fused-ring (bicyclic) bond motifs is 1. The Hall–Kier alpha value is -0.0969. The second-order valence-electron chi connectivity index (χ2n) is 4.85. The van der Waals surface area contributed by atoms with Crippen LogP contribution in [0.1, 0.15) is 24.5 Å². The Morgan fingerprint density at radius 3 is 2.40 bits per heavy atom. The average Bonchev–Trinajstić information content (AvgIpc) is 2.92. The van der Waals surface area contributed by atoms with Gasteiger partial charge in [0.1, 0.15) is 0 Å². The summed E-state index contributed by atoms with van der Waals surface area (Å²) < 4.78 is 0. The molecule has 0 saturated heterocycles. The van der Waals surface area contributed by atoms with Crippen molar-refractivity contribution in [3.05, 3.63) is 66.1 Å². The van der Waals surface area contributed by atoms with Gasteiger partial charge in [0.25, 0.3) is 0 Å². The molecule has 0 heterocycles. The maximum atomic E-state index is 4.93. The monoisotopic (exact) mass is 381 g/mol. The minimum absolute atomic E-state index is 0.731. The zero-order valence-corrected chi connectivity index (χ0v) is 15.4. The Balaban J connectivity index is 0.000000452. The molecule has 3 rings (SSSR count). The first-order valence-electron chi connectivity index (χ1n) is 6.78. The van der Waals surface area contributed by atoms with Gasteiger partial charge in [0.15, 0.2) is 0 Å². The van der Waals surface area contributed by atoms with E-state index in [1.54, 1.807) is 0 Å². The van der Waals surface area contributed by atoms with E-state index in [-0.39, 0.29) is 0 Å². The van der Waals surface area contributed by atoms with Gasteiger partial charge in [-0.05, 0) is 41.0 Å². The van der Waals surface area contributed by atoms with Crippen LogP contribution in [-0.4, -0.2) is 0 Å². The minimum atomic E-state index is -0.826. The van der Waals surface area contributed by atoms with Crippen LogP contribution in [0.2, 0.25) is 0 Å². The number of hydrogen-bond acceptors (Lipinski definition) is 0. The summed E-state index contributed by atoms with van der Waals surface area (Å²) in [5.74, 6) is 0.731. The molecule has 0 aliphatic heterocycles. The van der Waals surface area contributed by atoms with E-state index in [0.717, 1.165) is 5.92 Å². The molecule has 1 atom stereocenters. The fourth-order valence-corrected chi connectivity index (χ4v) is 2.71. The van der Waals surface area contributed by atoms with Gasteiger partial charge in [-0.25, -0.2) is 0 Å². The van der Waals surface area contributed by atoms with Crippen molar-refractivity contribution in [2.24, 2.45) is 5.92 Å². The summed E-state index contributed by atoms with van der Waals surface area (Å²) in [6.07, 6.45) is 4.88. The van der Waals surface area contributed by atoms with E-state index in [1.807, 2.05) is 0 Å². The molecule has 0 N–H and O–H groups in total. The van der Waals surface area contributed by atoms with Gasteiger partial charge in [0.2, 0.25) is 0 Å². The summed E-state index contributed by atoms with van der Waals surface area (Å²) in [5.41, 5.74) is 5.73. The Morgan fingerprint density at radius 2 is 1.75 bits per heavy atom. The van der Waals surface area contributed by atoms with E-state index >= 15 is 0 Å². The van der Waals surface area contributed by atoms with Crippen LogP contribution in [0.25, 0.3) is 11.1 Å². The van der Waals surface area contributed by atoms with Gasteiger partial charge in [0.05, 0.1) is 0 Å². The Bertz CT molecular complexity index is 540. The second kappa shape index (κ2) is 8.37. The molecular formula is C17H17Cl2Zr. The van der Waals surface area contributed by atoms with Crippen molar-refractivity contribution >= 4 is 17.0 Å². The predicted octanol–water partition coefficient (Wildman–Crippen LogP) is 5.86. The molecule has 1 aliphatic rings. The summed E-state index contributed by atoms with van der Waals surface area (Å²) in [6, 6.07) is 17.4. The molecule has 1 radical (unpaired) electrons. The fraction of sp³-hybridized carbons (Fsp3) is 0.235. The summed E-state index contributed by atoms with van der Waals surface area (Å²) >= 11 is -0.826. The van der Waals surface area contributed by atoms with Crippen LogP contribution in [0.5, 0.6) is 0 Å². The molecule has 2 aromatic rings. The Kier molecular flexibility index (Phi) is 6.81. The third kappa shape index (κ3) is 3.97. The molecule has 3 heteroatoms. The van der Waals surface area contributed by atoms with Crippen molar-refractivity contribution in [1.29, 1.82) is 0 Å². The molecule has 0 fully saturated rings. The number of benzene rings is 2. The van der Waals surface area contributed by atoms with Crippen LogP contribution in [0.4, 0.5) is 0 Å².